The number of rotatable bonds is 8. The van der Waals surface area contributed by atoms with E-state index in [1.165, 1.54) is 0 Å². The molecule has 1 N–H and O–H groups in total. The smallest absolute Gasteiger partial charge is 0.242 e. The van der Waals surface area contributed by atoms with Crippen molar-refractivity contribution in [3.05, 3.63) is 33.8 Å². The molecule has 0 unspecified atom stereocenters. The molecular formula is C17H24Cl2N2O2. The third kappa shape index (κ3) is 5.70. The second-order valence-corrected chi connectivity index (χ2v) is 6.17. The molecule has 0 aliphatic carbocycles. The molecule has 0 radical (unpaired) electrons. The summed E-state index contributed by atoms with van der Waals surface area (Å²) in [7, 11) is 0. The number of nitrogens with one attached hydrogen (secondary N) is 1. The standard InChI is InChI=1S/C17H24Cl2N2O2/c1-4-9-20-17(23)15(5-2)21(16(22)6-3)11-12-7-8-13(18)10-14(12)19/h7-8,10,15H,4-6,9,11H2,1-3H3,(H,20,23)/t15-/m1/s1. The van der Waals surface area contributed by atoms with E-state index in [9.17, 15) is 9.59 Å². The molecule has 0 saturated heterocycles. The molecule has 23 heavy (non-hydrogen) atoms. The third-order valence-electron chi connectivity index (χ3n) is 3.59. The van der Waals surface area contributed by atoms with Gasteiger partial charge in [0.05, 0.1) is 0 Å². The van der Waals surface area contributed by atoms with Gasteiger partial charge in [0.1, 0.15) is 6.04 Å². The molecule has 2 amide bonds. The van der Waals surface area contributed by atoms with Gasteiger partial charge >= 0.3 is 0 Å². The van der Waals surface area contributed by atoms with Crippen molar-refractivity contribution in [3.63, 3.8) is 0 Å². The lowest BCUT2D eigenvalue weighted by Crippen LogP contribution is -2.49. The highest BCUT2D eigenvalue weighted by Crippen LogP contribution is 2.24. The molecule has 4 nitrogen and oxygen atoms in total. The van der Waals surface area contributed by atoms with Crippen LogP contribution in [0.2, 0.25) is 10.0 Å². The van der Waals surface area contributed by atoms with Gasteiger partial charge in [0, 0.05) is 29.6 Å². The van der Waals surface area contributed by atoms with E-state index in [2.05, 4.69) is 5.32 Å². The zero-order valence-electron chi connectivity index (χ0n) is 13.9. The van der Waals surface area contributed by atoms with Gasteiger partial charge in [0.15, 0.2) is 0 Å². The molecule has 0 fully saturated rings. The molecule has 0 heterocycles. The van der Waals surface area contributed by atoms with Gasteiger partial charge in [-0.05, 0) is 30.5 Å². The Morgan fingerprint density at radius 1 is 1.22 bits per heavy atom. The van der Waals surface area contributed by atoms with Gasteiger partial charge in [-0.3, -0.25) is 9.59 Å². The minimum atomic E-state index is -0.499. The van der Waals surface area contributed by atoms with Crippen LogP contribution in [0, 0.1) is 0 Å². The van der Waals surface area contributed by atoms with Gasteiger partial charge in [0.2, 0.25) is 11.8 Å². The predicted octanol–water partition coefficient (Wildman–Crippen LogP) is 4.04. The van der Waals surface area contributed by atoms with Crippen molar-refractivity contribution >= 4 is 35.0 Å². The summed E-state index contributed by atoms with van der Waals surface area (Å²) in [6.07, 6.45) is 1.74. The van der Waals surface area contributed by atoms with Crippen LogP contribution in [-0.2, 0) is 16.1 Å². The zero-order valence-corrected chi connectivity index (χ0v) is 15.4. The van der Waals surface area contributed by atoms with Crippen molar-refractivity contribution in [2.45, 2.75) is 52.6 Å². The number of amides is 2. The first-order valence-corrected chi connectivity index (χ1v) is 8.71. The molecule has 0 aliphatic heterocycles. The predicted molar refractivity (Wildman–Crippen MR) is 94.7 cm³/mol. The number of hydrogen-bond acceptors (Lipinski definition) is 2. The topological polar surface area (TPSA) is 49.4 Å². The van der Waals surface area contributed by atoms with E-state index in [0.717, 1.165) is 12.0 Å². The molecule has 1 rings (SSSR count). The lowest BCUT2D eigenvalue weighted by atomic mass is 10.1. The van der Waals surface area contributed by atoms with E-state index in [1.54, 1.807) is 30.0 Å². The van der Waals surface area contributed by atoms with Crippen LogP contribution in [0.25, 0.3) is 0 Å². The first-order chi connectivity index (χ1) is 10.9. The Hall–Kier alpha value is -1.26. The fourth-order valence-corrected chi connectivity index (χ4v) is 2.79. The molecule has 1 atom stereocenters. The highest BCUT2D eigenvalue weighted by molar-refractivity contribution is 6.35. The maximum atomic E-state index is 12.4. The summed E-state index contributed by atoms with van der Waals surface area (Å²) < 4.78 is 0. The van der Waals surface area contributed by atoms with Crippen molar-refractivity contribution in [2.24, 2.45) is 0 Å². The molecule has 0 spiro atoms. The van der Waals surface area contributed by atoms with Crippen LogP contribution in [0.15, 0.2) is 18.2 Å². The van der Waals surface area contributed by atoms with E-state index in [-0.39, 0.29) is 11.8 Å². The Balaban J connectivity index is 3.02. The van der Waals surface area contributed by atoms with Crippen LogP contribution in [0.1, 0.15) is 45.6 Å². The van der Waals surface area contributed by atoms with Crippen molar-refractivity contribution < 1.29 is 9.59 Å². The fourth-order valence-electron chi connectivity index (χ4n) is 2.32. The highest BCUT2D eigenvalue weighted by Gasteiger charge is 2.27. The molecule has 6 heteroatoms. The summed E-state index contributed by atoms with van der Waals surface area (Å²) >= 11 is 12.1. The molecule has 0 bridgehead atoms. The number of benzene rings is 1. The molecular weight excluding hydrogens is 335 g/mol. The second kappa shape index (κ2) is 9.78. The molecule has 0 aromatic heterocycles. The van der Waals surface area contributed by atoms with Gasteiger partial charge < -0.3 is 10.2 Å². The average molecular weight is 359 g/mol. The van der Waals surface area contributed by atoms with Crippen LogP contribution in [0.5, 0.6) is 0 Å². The van der Waals surface area contributed by atoms with Gasteiger partial charge in [-0.2, -0.15) is 0 Å². The van der Waals surface area contributed by atoms with Crippen LogP contribution < -0.4 is 5.32 Å². The van der Waals surface area contributed by atoms with Crippen LogP contribution in [0.3, 0.4) is 0 Å². The van der Waals surface area contributed by atoms with Gasteiger partial charge in [-0.15, -0.1) is 0 Å². The number of carbonyl (C=O) groups is 2. The van der Waals surface area contributed by atoms with Crippen molar-refractivity contribution in [1.82, 2.24) is 10.2 Å². The summed E-state index contributed by atoms with van der Waals surface area (Å²) in [4.78, 5) is 26.3. The second-order valence-electron chi connectivity index (χ2n) is 5.33. The molecule has 0 saturated carbocycles. The first kappa shape index (κ1) is 19.8. The van der Waals surface area contributed by atoms with Gasteiger partial charge in [0.25, 0.3) is 0 Å². The van der Waals surface area contributed by atoms with E-state index >= 15 is 0 Å². The quantitative estimate of drug-likeness (QED) is 0.762. The Bertz CT molecular complexity index is 549. The zero-order chi connectivity index (χ0) is 17.4. The molecule has 128 valence electrons. The lowest BCUT2D eigenvalue weighted by molar-refractivity contribution is -0.141. The number of nitrogens with zero attached hydrogens (tertiary/aromatic N) is 1. The SMILES string of the molecule is CCCNC(=O)[C@@H](CC)N(Cc1ccc(Cl)cc1Cl)C(=O)CC. The van der Waals surface area contributed by atoms with Gasteiger partial charge in [-0.1, -0.05) is 50.0 Å². The van der Waals surface area contributed by atoms with Gasteiger partial charge in [-0.25, -0.2) is 0 Å². The highest BCUT2D eigenvalue weighted by atomic mass is 35.5. The van der Waals surface area contributed by atoms with Crippen LogP contribution in [-0.4, -0.2) is 29.3 Å². The Kier molecular flexibility index (Phi) is 8.42. The van der Waals surface area contributed by atoms with E-state index in [1.807, 2.05) is 13.8 Å². The summed E-state index contributed by atoms with van der Waals surface area (Å²) in [5, 5.41) is 3.90. The van der Waals surface area contributed by atoms with Crippen molar-refractivity contribution in [3.8, 4) is 0 Å². The van der Waals surface area contributed by atoms with E-state index in [0.29, 0.717) is 36.0 Å². The third-order valence-corrected chi connectivity index (χ3v) is 4.18. The Morgan fingerprint density at radius 3 is 2.43 bits per heavy atom. The van der Waals surface area contributed by atoms with Crippen LogP contribution >= 0.6 is 23.2 Å². The van der Waals surface area contributed by atoms with Crippen LogP contribution in [0.4, 0.5) is 0 Å². The number of hydrogen-bond donors (Lipinski definition) is 1. The summed E-state index contributed by atoms with van der Waals surface area (Å²) in [6, 6.07) is 4.67. The fraction of sp³-hybridized carbons (Fsp3) is 0.529. The average Bonchev–Trinajstić information content (AvgIpc) is 2.53. The molecule has 0 aliphatic rings. The normalized spacial score (nSPS) is 11.9. The first-order valence-electron chi connectivity index (χ1n) is 7.95. The van der Waals surface area contributed by atoms with Crippen molar-refractivity contribution in [1.29, 1.82) is 0 Å². The summed E-state index contributed by atoms with van der Waals surface area (Å²) in [5.74, 6) is -0.198. The summed E-state index contributed by atoms with van der Waals surface area (Å²) in [5.41, 5.74) is 0.777. The number of carbonyl (C=O) groups excluding carboxylic acids is 2. The lowest BCUT2D eigenvalue weighted by Gasteiger charge is -2.30. The van der Waals surface area contributed by atoms with E-state index < -0.39 is 6.04 Å². The molecule has 1 aromatic rings. The van der Waals surface area contributed by atoms with Crippen molar-refractivity contribution in [2.75, 3.05) is 6.54 Å². The Labute approximate surface area is 148 Å². The minimum Gasteiger partial charge on any atom is -0.354 e. The minimum absolute atomic E-state index is 0.0745. The maximum absolute atomic E-state index is 12.4. The maximum Gasteiger partial charge on any atom is 0.242 e. The van der Waals surface area contributed by atoms with E-state index in [4.69, 9.17) is 23.2 Å². The Morgan fingerprint density at radius 2 is 1.91 bits per heavy atom. The largest absolute Gasteiger partial charge is 0.354 e. The monoisotopic (exact) mass is 358 g/mol. The number of halogens is 2. The summed E-state index contributed by atoms with van der Waals surface area (Å²) in [6.45, 7) is 6.57. The molecule has 1 aromatic carbocycles.